The molecule has 0 bridgehead atoms. The third-order valence-electron chi connectivity index (χ3n) is 3.91. The van der Waals surface area contributed by atoms with Crippen LogP contribution in [0.3, 0.4) is 0 Å². The smallest absolute Gasteiger partial charge is 0.153 e. The second kappa shape index (κ2) is 6.96. The molecule has 3 rings (SSSR count). The number of carbonyl (C=O) groups is 1. The molecule has 1 aromatic heterocycles. The predicted octanol–water partition coefficient (Wildman–Crippen LogP) is 3.45. The van der Waals surface area contributed by atoms with Crippen LogP contribution in [0.5, 0.6) is 0 Å². The molecule has 0 saturated heterocycles. The van der Waals surface area contributed by atoms with E-state index in [1.54, 1.807) is 11.3 Å². The summed E-state index contributed by atoms with van der Waals surface area (Å²) in [6.45, 7) is 0.477. The number of hydrogen-bond acceptors (Lipinski definition) is 4. The van der Waals surface area contributed by atoms with E-state index in [4.69, 9.17) is 0 Å². The van der Waals surface area contributed by atoms with Crippen molar-refractivity contribution in [2.45, 2.75) is 38.1 Å². The van der Waals surface area contributed by atoms with Gasteiger partial charge < -0.3 is 5.32 Å². The minimum atomic E-state index is 0.232. The summed E-state index contributed by atoms with van der Waals surface area (Å²) in [4.78, 5) is 16.6. The molecular formula is C17H20N2OS. The van der Waals surface area contributed by atoms with Gasteiger partial charge in [0, 0.05) is 17.0 Å². The first-order valence-corrected chi connectivity index (χ1v) is 8.44. The van der Waals surface area contributed by atoms with Gasteiger partial charge in [0.15, 0.2) is 5.78 Å². The summed E-state index contributed by atoms with van der Waals surface area (Å²) in [5, 5.41) is 6.31. The molecule has 3 nitrogen and oxygen atoms in total. The molecule has 0 spiro atoms. The van der Waals surface area contributed by atoms with Crippen LogP contribution in [0.1, 0.15) is 30.7 Å². The largest absolute Gasteiger partial charge is 0.307 e. The standard InChI is InChI=1S/C17H20N2OS/c20-15(11-18-14-8-4-5-9-14)10-17-19-16(12-21-17)13-6-2-1-3-7-13/h1-3,6-7,12,14,18H,4-5,8-11H2. The van der Waals surface area contributed by atoms with Crippen molar-refractivity contribution >= 4 is 17.1 Å². The SMILES string of the molecule is O=C(CNC1CCCC1)Cc1nc(-c2ccccc2)cs1. The van der Waals surface area contributed by atoms with Crippen LogP contribution < -0.4 is 5.32 Å². The van der Waals surface area contributed by atoms with E-state index in [0.717, 1.165) is 16.3 Å². The van der Waals surface area contributed by atoms with Gasteiger partial charge in [0.05, 0.1) is 18.7 Å². The van der Waals surface area contributed by atoms with Crippen molar-refractivity contribution < 1.29 is 4.79 Å². The van der Waals surface area contributed by atoms with Gasteiger partial charge in [-0.05, 0) is 12.8 Å². The van der Waals surface area contributed by atoms with Crippen molar-refractivity contribution in [1.82, 2.24) is 10.3 Å². The molecule has 0 amide bonds. The van der Waals surface area contributed by atoms with Gasteiger partial charge in [0.25, 0.3) is 0 Å². The van der Waals surface area contributed by atoms with Crippen LogP contribution in [0.4, 0.5) is 0 Å². The van der Waals surface area contributed by atoms with Gasteiger partial charge in [0.1, 0.15) is 5.01 Å². The van der Waals surface area contributed by atoms with E-state index in [1.807, 2.05) is 35.7 Å². The Morgan fingerprint density at radius 3 is 2.76 bits per heavy atom. The number of rotatable bonds is 6. The van der Waals surface area contributed by atoms with E-state index in [0.29, 0.717) is 19.0 Å². The van der Waals surface area contributed by atoms with Gasteiger partial charge in [0.2, 0.25) is 0 Å². The number of benzene rings is 1. The number of Topliss-reactive ketones (excluding diaryl/α,β-unsaturated/α-hetero) is 1. The van der Waals surface area contributed by atoms with Crippen molar-refractivity contribution in [2.24, 2.45) is 0 Å². The Balaban J connectivity index is 1.53. The van der Waals surface area contributed by atoms with E-state index in [1.165, 1.54) is 25.7 Å². The molecule has 1 aliphatic rings. The van der Waals surface area contributed by atoms with Crippen LogP contribution in [-0.2, 0) is 11.2 Å². The first-order chi connectivity index (χ1) is 10.3. The number of carbonyl (C=O) groups excluding carboxylic acids is 1. The zero-order valence-electron chi connectivity index (χ0n) is 12.0. The summed E-state index contributed by atoms with van der Waals surface area (Å²) in [6.07, 6.45) is 5.44. The van der Waals surface area contributed by atoms with E-state index in [9.17, 15) is 4.79 Å². The molecule has 1 saturated carbocycles. The average molecular weight is 300 g/mol. The molecule has 21 heavy (non-hydrogen) atoms. The van der Waals surface area contributed by atoms with Crippen LogP contribution in [0.15, 0.2) is 35.7 Å². The maximum Gasteiger partial charge on any atom is 0.153 e. The van der Waals surface area contributed by atoms with E-state index in [2.05, 4.69) is 10.3 Å². The fraction of sp³-hybridized carbons (Fsp3) is 0.412. The molecule has 1 N–H and O–H groups in total. The van der Waals surface area contributed by atoms with E-state index in [-0.39, 0.29) is 5.78 Å². The average Bonchev–Trinajstić information content (AvgIpc) is 3.17. The minimum Gasteiger partial charge on any atom is -0.307 e. The Hall–Kier alpha value is -1.52. The molecule has 0 radical (unpaired) electrons. The first-order valence-electron chi connectivity index (χ1n) is 7.56. The normalized spacial score (nSPS) is 15.4. The number of thiazole rings is 1. The van der Waals surface area contributed by atoms with Crippen molar-refractivity contribution in [2.75, 3.05) is 6.54 Å². The maximum absolute atomic E-state index is 12.0. The molecule has 0 unspecified atom stereocenters. The van der Waals surface area contributed by atoms with Crippen LogP contribution in [0.2, 0.25) is 0 Å². The minimum absolute atomic E-state index is 0.232. The van der Waals surface area contributed by atoms with E-state index >= 15 is 0 Å². The second-order valence-electron chi connectivity index (χ2n) is 5.57. The molecule has 1 aromatic carbocycles. The molecule has 1 fully saturated rings. The topological polar surface area (TPSA) is 42.0 Å². The summed E-state index contributed by atoms with van der Waals surface area (Å²) in [5.74, 6) is 0.232. The highest BCUT2D eigenvalue weighted by Gasteiger charge is 2.16. The molecule has 1 aliphatic carbocycles. The van der Waals surface area contributed by atoms with Crippen LogP contribution in [0, 0.1) is 0 Å². The number of ketones is 1. The molecule has 1 heterocycles. The molecule has 4 heteroatoms. The number of aromatic nitrogens is 1. The van der Waals surface area contributed by atoms with Crippen molar-refractivity contribution in [3.8, 4) is 11.3 Å². The molecular weight excluding hydrogens is 280 g/mol. The Kier molecular flexibility index (Phi) is 4.78. The highest BCUT2D eigenvalue weighted by Crippen LogP contribution is 2.22. The molecule has 110 valence electrons. The zero-order chi connectivity index (χ0) is 14.5. The Labute approximate surface area is 129 Å². The molecule has 0 atom stereocenters. The number of nitrogens with zero attached hydrogens (tertiary/aromatic N) is 1. The lowest BCUT2D eigenvalue weighted by Gasteiger charge is -2.10. The van der Waals surface area contributed by atoms with E-state index < -0.39 is 0 Å². The predicted molar refractivity (Wildman–Crippen MR) is 86.5 cm³/mol. The summed E-state index contributed by atoms with van der Waals surface area (Å²) < 4.78 is 0. The summed E-state index contributed by atoms with van der Waals surface area (Å²) >= 11 is 1.57. The summed E-state index contributed by atoms with van der Waals surface area (Å²) in [6, 6.07) is 10.6. The third-order valence-corrected chi connectivity index (χ3v) is 4.76. The van der Waals surface area contributed by atoms with Gasteiger partial charge in [-0.15, -0.1) is 11.3 Å². The fourth-order valence-electron chi connectivity index (χ4n) is 2.75. The Morgan fingerprint density at radius 1 is 1.24 bits per heavy atom. The fourth-order valence-corrected chi connectivity index (χ4v) is 3.58. The Morgan fingerprint density at radius 2 is 2.00 bits per heavy atom. The maximum atomic E-state index is 12.0. The van der Waals surface area contributed by atoms with Crippen molar-refractivity contribution in [3.05, 3.63) is 40.7 Å². The van der Waals surface area contributed by atoms with Gasteiger partial charge in [-0.1, -0.05) is 43.2 Å². The lowest BCUT2D eigenvalue weighted by atomic mass is 10.2. The van der Waals surface area contributed by atoms with Crippen LogP contribution in [-0.4, -0.2) is 23.4 Å². The summed E-state index contributed by atoms with van der Waals surface area (Å²) in [7, 11) is 0. The van der Waals surface area contributed by atoms with Crippen LogP contribution >= 0.6 is 11.3 Å². The quantitative estimate of drug-likeness (QED) is 0.888. The van der Waals surface area contributed by atoms with Gasteiger partial charge in [-0.2, -0.15) is 0 Å². The highest BCUT2D eigenvalue weighted by atomic mass is 32.1. The first kappa shape index (κ1) is 14.4. The second-order valence-corrected chi connectivity index (χ2v) is 6.51. The van der Waals surface area contributed by atoms with Gasteiger partial charge in [-0.3, -0.25) is 4.79 Å². The Bertz CT molecular complexity index is 588. The molecule has 2 aromatic rings. The van der Waals surface area contributed by atoms with Crippen molar-refractivity contribution in [3.63, 3.8) is 0 Å². The van der Waals surface area contributed by atoms with Gasteiger partial charge in [-0.25, -0.2) is 4.98 Å². The third kappa shape index (κ3) is 3.99. The van der Waals surface area contributed by atoms with Gasteiger partial charge >= 0.3 is 0 Å². The lowest BCUT2D eigenvalue weighted by Crippen LogP contribution is -2.32. The van der Waals surface area contributed by atoms with Crippen LogP contribution in [0.25, 0.3) is 11.3 Å². The monoisotopic (exact) mass is 300 g/mol. The lowest BCUT2D eigenvalue weighted by molar-refractivity contribution is -0.117. The van der Waals surface area contributed by atoms with Crippen molar-refractivity contribution in [1.29, 1.82) is 0 Å². The zero-order valence-corrected chi connectivity index (χ0v) is 12.9. The number of nitrogens with one attached hydrogen (secondary N) is 1. The number of hydrogen-bond donors (Lipinski definition) is 1. The molecule has 0 aliphatic heterocycles. The summed E-state index contributed by atoms with van der Waals surface area (Å²) in [5.41, 5.74) is 2.07. The highest BCUT2D eigenvalue weighted by molar-refractivity contribution is 7.10.